The maximum atomic E-state index is 12.4. The fourth-order valence-electron chi connectivity index (χ4n) is 3.23. The number of piperazine rings is 1. The lowest BCUT2D eigenvalue weighted by Gasteiger charge is -2.34. The molecule has 2 aromatic rings. The van der Waals surface area contributed by atoms with Crippen LogP contribution in [0.25, 0.3) is 6.08 Å². The first-order chi connectivity index (χ1) is 13.6. The quantitative estimate of drug-likeness (QED) is 0.731. The number of carbonyl (C=O) groups excluding carboxylic acids is 2. The van der Waals surface area contributed by atoms with E-state index in [1.54, 1.807) is 18.3 Å². The van der Waals surface area contributed by atoms with Gasteiger partial charge in [-0.3, -0.25) is 14.5 Å². The van der Waals surface area contributed by atoms with E-state index in [0.29, 0.717) is 18.5 Å². The lowest BCUT2D eigenvalue weighted by Crippen LogP contribution is -2.48. The number of hydrogen-bond donors (Lipinski definition) is 1. The third-order valence-corrected chi connectivity index (χ3v) is 5.68. The molecule has 1 aliphatic heterocycles. The third-order valence-electron chi connectivity index (χ3n) is 4.86. The highest BCUT2D eigenvalue weighted by molar-refractivity contribution is 7.10. The molecule has 0 saturated carbocycles. The van der Waals surface area contributed by atoms with Crippen LogP contribution < -0.4 is 5.32 Å². The molecule has 2 amide bonds. The SMILES string of the molecule is C/C(=C\c1cccs1)C(=O)NCCC(=O)N1CCN(Cc2ccccc2)CC1. The standard InChI is InChI=1S/C22H27N3O2S/c1-18(16-20-8-5-15-28-20)22(27)23-10-9-21(26)25-13-11-24(12-14-25)17-19-6-3-2-4-7-19/h2-8,15-16H,9-14,17H2,1H3,(H,23,27)/b18-16+. The van der Waals surface area contributed by atoms with Crippen LogP contribution in [0, 0.1) is 0 Å². The highest BCUT2D eigenvalue weighted by atomic mass is 32.1. The molecule has 148 valence electrons. The Morgan fingerprint density at radius 2 is 1.82 bits per heavy atom. The van der Waals surface area contributed by atoms with Crippen molar-refractivity contribution in [2.45, 2.75) is 19.9 Å². The van der Waals surface area contributed by atoms with Crippen molar-refractivity contribution in [2.75, 3.05) is 32.7 Å². The van der Waals surface area contributed by atoms with E-state index in [9.17, 15) is 9.59 Å². The van der Waals surface area contributed by atoms with Gasteiger partial charge in [0.15, 0.2) is 0 Å². The number of hydrogen-bond acceptors (Lipinski definition) is 4. The van der Waals surface area contributed by atoms with Crippen LogP contribution in [0.1, 0.15) is 23.8 Å². The monoisotopic (exact) mass is 397 g/mol. The van der Waals surface area contributed by atoms with E-state index in [-0.39, 0.29) is 11.8 Å². The third kappa shape index (κ3) is 6.04. The lowest BCUT2D eigenvalue weighted by molar-refractivity contribution is -0.133. The number of thiophene rings is 1. The molecule has 1 saturated heterocycles. The van der Waals surface area contributed by atoms with Gasteiger partial charge in [-0.25, -0.2) is 0 Å². The predicted molar refractivity (Wildman–Crippen MR) is 114 cm³/mol. The van der Waals surface area contributed by atoms with Crippen molar-refractivity contribution in [3.63, 3.8) is 0 Å². The molecule has 0 unspecified atom stereocenters. The molecule has 5 nitrogen and oxygen atoms in total. The van der Waals surface area contributed by atoms with E-state index >= 15 is 0 Å². The fraction of sp³-hybridized carbons (Fsp3) is 0.364. The van der Waals surface area contributed by atoms with Crippen molar-refractivity contribution in [1.82, 2.24) is 15.1 Å². The second-order valence-electron chi connectivity index (χ2n) is 6.99. The topological polar surface area (TPSA) is 52.7 Å². The summed E-state index contributed by atoms with van der Waals surface area (Å²) in [7, 11) is 0. The molecule has 1 aromatic carbocycles. The van der Waals surface area contributed by atoms with Gasteiger partial charge in [0.1, 0.15) is 0 Å². The van der Waals surface area contributed by atoms with Crippen LogP contribution in [0.4, 0.5) is 0 Å². The van der Waals surface area contributed by atoms with Crippen molar-refractivity contribution in [3.05, 3.63) is 63.9 Å². The molecular formula is C22H27N3O2S. The molecule has 0 bridgehead atoms. The molecule has 2 heterocycles. The first-order valence-electron chi connectivity index (χ1n) is 9.66. The van der Waals surface area contributed by atoms with Crippen molar-refractivity contribution in [2.24, 2.45) is 0 Å². The van der Waals surface area contributed by atoms with E-state index in [1.807, 2.05) is 34.6 Å². The van der Waals surface area contributed by atoms with Gasteiger partial charge in [0.25, 0.3) is 0 Å². The Labute approximate surface area is 170 Å². The Kier molecular flexibility index (Phi) is 7.39. The smallest absolute Gasteiger partial charge is 0.246 e. The Balaban J connectivity index is 1.36. The van der Waals surface area contributed by atoms with E-state index < -0.39 is 0 Å². The van der Waals surface area contributed by atoms with Crippen LogP contribution in [0.15, 0.2) is 53.4 Å². The van der Waals surface area contributed by atoms with Gasteiger partial charge in [0.2, 0.25) is 11.8 Å². The van der Waals surface area contributed by atoms with E-state index in [1.165, 1.54) is 5.56 Å². The van der Waals surface area contributed by atoms with Crippen LogP contribution >= 0.6 is 11.3 Å². The number of nitrogens with one attached hydrogen (secondary N) is 1. The summed E-state index contributed by atoms with van der Waals surface area (Å²) < 4.78 is 0. The fourth-order valence-corrected chi connectivity index (χ4v) is 3.95. The summed E-state index contributed by atoms with van der Waals surface area (Å²) in [6.07, 6.45) is 2.21. The van der Waals surface area contributed by atoms with E-state index in [4.69, 9.17) is 0 Å². The molecule has 1 fully saturated rings. The largest absolute Gasteiger partial charge is 0.352 e. The van der Waals surface area contributed by atoms with Gasteiger partial charge in [-0.2, -0.15) is 0 Å². The summed E-state index contributed by atoms with van der Waals surface area (Å²) in [6, 6.07) is 14.3. The van der Waals surface area contributed by atoms with Gasteiger partial charge in [0.05, 0.1) is 0 Å². The van der Waals surface area contributed by atoms with E-state index in [0.717, 1.165) is 37.6 Å². The Hall–Kier alpha value is -2.44. The molecule has 6 heteroatoms. The van der Waals surface area contributed by atoms with Crippen molar-refractivity contribution in [3.8, 4) is 0 Å². The second kappa shape index (κ2) is 10.2. The van der Waals surface area contributed by atoms with Gasteiger partial charge in [-0.05, 0) is 30.0 Å². The maximum absolute atomic E-state index is 12.4. The normalized spacial score (nSPS) is 15.5. The van der Waals surface area contributed by atoms with Gasteiger partial charge in [0, 0.05) is 56.1 Å². The Bertz CT molecular complexity index is 794. The first-order valence-corrected chi connectivity index (χ1v) is 10.5. The summed E-state index contributed by atoms with van der Waals surface area (Å²) in [4.78, 5) is 29.9. The Morgan fingerprint density at radius 1 is 1.07 bits per heavy atom. The van der Waals surface area contributed by atoms with Crippen LogP contribution in [0.5, 0.6) is 0 Å². The molecule has 0 atom stereocenters. The molecule has 3 rings (SSSR count). The molecular weight excluding hydrogens is 370 g/mol. The average molecular weight is 398 g/mol. The van der Waals surface area contributed by atoms with Crippen molar-refractivity contribution >= 4 is 29.2 Å². The molecule has 0 aliphatic carbocycles. The molecule has 1 aliphatic rings. The Morgan fingerprint density at radius 3 is 2.50 bits per heavy atom. The minimum absolute atomic E-state index is 0.111. The molecule has 1 aromatic heterocycles. The van der Waals surface area contributed by atoms with Crippen molar-refractivity contribution < 1.29 is 9.59 Å². The van der Waals surface area contributed by atoms with E-state index in [2.05, 4.69) is 34.5 Å². The minimum atomic E-state index is -0.117. The lowest BCUT2D eigenvalue weighted by atomic mass is 10.2. The molecule has 0 radical (unpaired) electrons. The number of nitrogens with zero attached hydrogens (tertiary/aromatic N) is 2. The molecule has 0 spiro atoms. The van der Waals surface area contributed by atoms with Crippen molar-refractivity contribution in [1.29, 1.82) is 0 Å². The number of rotatable bonds is 7. The summed E-state index contributed by atoms with van der Waals surface area (Å²) >= 11 is 1.60. The maximum Gasteiger partial charge on any atom is 0.246 e. The summed E-state index contributed by atoms with van der Waals surface area (Å²) in [5.41, 5.74) is 1.96. The van der Waals surface area contributed by atoms with Crippen LogP contribution in [0.2, 0.25) is 0 Å². The van der Waals surface area contributed by atoms with Crippen LogP contribution in [-0.4, -0.2) is 54.3 Å². The first kappa shape index (κ1) is 20.3. The molecule has 28 heavy (non-hydrogen) atoms. The van der Waals surface area contributed by atoms with Crippen LogP contribution in [-0.2, 0) is 16.1 Å². The van der Waals surface area contributed by atoms with Gasteiger partial charge < -0.3 is 10.2 Å². The second-order valence-corrected chi connectivity index (χ2v) is 7.97. The van der Waals surface area contributed by atoms with Gasteiger partial charge in [-0.1, -0.05) is 36.4 Å². The predicted octanol–water partition coefficient (Wildman–Crippen LogP) is 3.00. The number of amides is 2. The summed E-state index contributed by atoms with van der Waals surface area (Å²) in [5, 5.41) is 4.83. The zero-order chi connectivity index (χ0) is 19.8. The highest BCUT2D eigenvalue weighted by Crippen LogP contribution is 2.13. The molecule has 1 N–H and O–H groups in total. The summed E-state index contributed by atoms with van der Waals surface area (Å²) in [5.74, 6) is -0.00608. The zero-order valence-electron chi connectivity index (χ0n) is 16.3. The number of benzene rings is 1. The highest BCUT2D eigenvalue weighted by Gasteiger charge is 2.20. The van der Waals surface area contributed by atoms with Gasteiger partial charge in [-0.15, -0.1) is 11.3 Å². The average Bonchev–Trinajstić information content (AvgIpc) is 3.22. The zero-order valence-corrected chi connectivity index (χ0v) is 17.1. The van der Waals surface area contributed by atoms with Crippen LogP contribution in [0.3, 0.4) is 0 Å². The van der Waals surface area contributed by atoms with Gasteiger partial charge >= 0.3 is 0 Å². The summed E-state index contributed by atoms with van der Waals surface area (Å²) in [6.45, 7) is 6.36. The number of carbonyl (C=O) groups is 2. The minimum Gasteiger partial charge on any atom is -0.352 e.